The van der Waals surface area contributed by atoms with Crippen molar-refractivity contribution in [1.29, 1.82) is 0 Å². The molecule has 0 spiro atoms. The number of carbonyl (C=O) groups is 1. The van der Waals surface area contributed by atoms with Crippen LogP contribution in [0.4, 0.5) is 5.69 Å². The molecule has 1 aromatic heterocycles. The minimum atomic E-state index is -0.260. The van der Waals surface area contributed by atoms with Crippen LogP contribution in [0.2, 0.25) is 0 Å². The highest BCUT2D eigenvalue weighted by Crippen LogP contribution is 2.18. The molecule has 0 aliphatic rings. The third-order valence-electron chi connectivity index (χ3n) is 2.43. The molecule has 0 saturated carbocycles. The molecular weight excluding hydrogens is 296 g/mol. The summed E-state index contributed by atoms with van der Waals surface area (Å²) in [5.41, 5.74) is 1.81. The third-order valence-corrected chi connectivity index (χ3v) is 2.86. The molecule has 94 valence electrons. The highest BCUT2D eigenvalue weighted by molar-refractivity contribution is 9.10. The molecule has 0 saturated heterocycles. The number of amides is 1. The van der Waals surface area contributed by atoms with Gasteiger partial charge in [-0.1, -0.05) is 18.2 Å². The predicted molar refractivity (Wildman–Crippen MR) is 73.6 cm³/mol. The Morgan fingerprint density at radius 2 is 2.06 bits per heavy atom. The molecular formula is C13H13BrN2O2. The van der Waals surface area contributed by atoms with E-state index in [0.717, 1.165) is 11.3 Å². The minimum absolute atomic E-state index is 0.260. The fourth-order valence-electron chi connectivity index (χ4n) is 1.61. The molecule has 2 aromatic rings. The van der Waals surface area contributed by atoms with Gasteiger partial charge in [-0.15, -0.1) is 0 Å². The second-order valence-corrected chi connectivity index (χ2v) is 4.53. The van der Waals surface area contributed by atoms with Crippen molar-refractivity contribution in [3.63, 3.8) is 0 Å². The number of nitrogens with one attached hydrogen (secondary N) is 2. The van der Waals surface area contributed by atoms with Crippen LogP contribution in [0.5, 0.6) is 0 Å². The van der Waals surface area contributed by atoms with Gasteiger partial charge >= 0.3 is 0 Å². The van der Waals surface area contributed by atoms with E-state index in [0.29, 0.717) is 11.2 Å². The molecule has 0 bridgehead atoms. The van der Waals surface area contributed by atoms with E-state index in [-0.39, 0.29) is 11.7 Å². The maximum absolute atomic E-state index is 11.9. The Morgan fingerprint density at radius 3 is 2.72 bits per heavy atom. The first kappa shape index (κ1) is 12.9. The van der Waals surface area contributed by atoms with Crippen LogP contribution >= 0.6 is 15.9 Å². The summed E-state index contributed by atoms with van der Waals surface area (Å²) < 4.78 is 5.74. The Labute approximate surface area is 114 Å². The van der Waals surface area contributed by atoms with Gasteiger partial charge in [-0.3, -0.25) is 4.79 Å². The van der Waals surface area contributed by atoms with E-state index >= 15 is 0 Å². The molecule has 1 heterocycles. The SMILES string of the molecule is CNCc1ccccc1NC(=O)c1ccc(Br)o1. The molecule has 2 N–H and O–H groups in total. The van der Waals surface area contributed by atoms with Gasteiger partial charge in [-0.2, -0.15) is 0 Å². The maximum Gasteiger partial charge on any atom is 0.291 e. The molecule has 0 radical (unpaired) electrons. The first-order chi connectivity index (χ1) is 8.70. The zero-order valence-electron chi connectivity index (χ0n) is 9.87. The van der Waals surface area contributed by atoms with E-state index in [1.165, 1.54) is 0 Å². The predicted octanol–water partition coefficient (Wildman–Crippen LogP) is 3.01. The normalized spacial score (nSPS) is 10.3. The van der Waals surface area contributed by atoms with E-state index < -0.39 is 0 Å². The molecule has 18 heavy (non-hydrogen) atoms. The zero-order valence-corrected chi connectivity index (χ0v) is 11.5. The number of hydrogen-bond acceptors (Lipinski definition) is 3. The van der Waals surface area contributed by atoms with E-state index in [2.05, 4.69) is 26.6 Å². The van der Waals surface area contributed by atoms with Crippen molar-refractivity contribution >= 4 is 27.5 Å². The summed E-state index contributed by atoms with van der Waals surface area (Å²) in [6.07, 6.45) is 0. The van der Waals surface area contributed by atoms with Crippen molar-refractivity contribution in [3.05, 3.63) is 52.4 Å². The number of halogens is 1. The van der Waals surface area contributed by atoms with Crippen LogP contribution < -0.4 is 10.6 Å². The number of hydrogen-bond donors (Lipinski definition) is 2. The van der Waals surface area contributed by atoms with E-state index in [1.807, 2.05) is 31.3 Å². The van der Waals surface area contributed by atoms with Crippen LogP contribution in [0.25, 0.3) is 0 Å². The Kier molecular flexibility index (Phi) is 4.17. The summed E-state index contributed by atoms with van der Waals surface area (Å²) in [6, 6.07) is 11.0. The smallest absolute Gasteiger partial charge is 0.291 e. The van der Waals surface area contributed by atoms with Crippen LogP contribution in [-0.4, -0.2) is 13.0 Å². The number of anilines is 1. The Hall–Kier alpha value is -1.59. The lowest BCUT2D eigenvalue weighted by Gasteiger charge is -2.09. The molecule has 2 rings (SSSR count). The van der Waals surface area contributed by atoms with Gasteiger partial charge in [0, 0.05) is 12.2 Å². The lowest BCUT2D eigenvalue weighted by Crippen LogP contribution is -2.14. The molecule has 5 heteroatoms. The number of carbonyl (C=O) groups excluding carboxylic acids is 1. The minimum Gasteiger partial charge on any atom is -0.444 e. The fourth-order valence-corrected chi connectivity index (χ4v) is 1.91. The highest BCUT2D eigenvalue weighted by atomic mass is 79.9. The van der Waals surface area contributed by atoms with Crippen molar-refractivity contribution in [3.8, 4) is 0 Å². The van der Waals surface area contributed by atoms with Crippen LogP contribution in [0.15, 0.2) is 45.5 Å². The number of benzene rings is 1. The Balaban J connectivity index is 2.16. The van der Waals surface area contributed by atoms with Gasteiger partial charge in [0.2, 0.25) is 0 Å². The van der Waals surface area contributed by atoms with Crippen molar-refractivity contribution in [2.24, 2.45) is 0 Å². The second kappa shape index (κ2) is 5.84. The van der Waals surface area contributed by atoms with E-state index in [1.54, 1.807) is 12.1 Å². The molecule has 0 atom stereocenters. The monoisotopic (exact) mass is 308 g/mol. The van der Waals surface area contributed by atoms with Gasteiger partial charge in [-0.25, -0.2) is 0 Å². The van der Waals surface area contributed by atoms with Crippen LogP contribution in [0, 0.1) is 0 Å². The van der Waals surface area contributed by atoms with Gasteiger partial charge in [0.05, 0.1) is 0 Å². The average Bonchev–Trinajstić information content (AvgIpc) is 2.79. The van der Waals surface area contributed by atoms with E-state index in [9.17, 15) is 4.79 Å². The molecule has 0 unspecified atom stereocenters. The van der Waals surface area contributed by atoms with Crippen molar-refractivity contribution in [2.45, 2.75) is 6.54 Å². The summed E-state index contributed by atoms with van der Waals surface area (Å²) in [7, 11) is 1.86. The lowest BCUT2D eigenvalue weighted by atomic mass is 10.1. The summed E-state index contributed by atoms with van der Waals surface area (Å²) in [6.45, 7) is 0.693. The van der Waals surface area contributed by atoms with Crippen LogP contribution in [0.1, 0.15) is 16.1 Å². The third kappa shape index (κ3) is 3.00. The van der Waals surface area contributed by atoms with Crippen LogP contribution in [-0.2, 0) is 6.54 Å². The molecule has 1 aromatic carbocycles. The van der Waals surface area contributed by atoms with Gasteiger partial charge < -0.3 is 15.1 Å². The molecule has 0 aliphatic heterocycles. The van der Waals surface area contributed by atoms with E-state index in [4.69, 9.17) is 4.42 Å². The number of rotatable bonds is 4. The zero-order chi connectivity index (χ0) is 13.0. The van der Waals surface area contributed by atoms with Gasteiger partial charge in [0.25, 0.3) is 5.91 Å². The van der Waals surface area contributed by atoms with Crippen molar-refractivity contribution in [2.75, 3.05) is 12.4 Å². The molecule has 0 fully saturated rings. The maximum atomic E-state index is 11.9. The largest absolute Gasteiger partial charge is 0.444 e. The average molecular weight is 309 g/mol. The Bertz CT molecular complexity index is 551. The van der Waals surface area contributed by atoms with Crippen molar-refractivity contribution in [1.82, 2.24) is 5.32 Å². The number of para-hydroxylation sites is 1. The van der Waals surface area contributed by atoms with Gasteiger partial charge in [0.1, 0.15) is 0 Å². The van der Waals surface area contributed by atoms with Gasteiger partial charge in [0.15, 0.2) is 10.4 Å². The second-order valence-electron chi connectivity index (χ2n) is 3.75. The highest BCUT2D eigenvalue weighted by Gasteiger charge is 2.12. The standard InChI is InChI=1S/C13H13BrN2O2/c1-15-8-9-4-2-3-5-10(9)16-13(17)11-6-7-12(14)18-11/h2-7,15H,8H2,1H3,(H,16,17). The van der Waals surface area contributed by atoms with Gasteiger partial charge in [-0.05, 0) is 46.7 Å². The Morgan fingerprint density at radius 1 is 1.28 bits per heavy atom. The lowest BCUT2D eigenvalue weighted by molar-refractivity contribution is 0.0995. The quantitative estimate of drug-likeness (QED) is 0.913. The first-order valence-electron chi connectivity index (χ1n) is 5.50. The van der Waals surface area contributed by atoms with Crippen molar-refractivity contribution < 1.29 is 9.21 Å². The van der Waals surface area contributed by atoms with Crippen LogP contribution in [0.3, 0.4) is 0 Å². The summed E-state index contributed by atoms with van der Waals surface area (Å²) in [4.78, 5) is 11.9. The summed E-state index contributed by atoms with van der Waals surface area (Å²) in [5, 5.41) is 5.89. The number of furan rings is 1. The topological polar surface area (TPSA) is 54.3 Å². The first-order valence-corrected chi connectivity index (χ1v) is 6.29. The molecule has 1 amide bonds. The molecule has 4 nitrogen and oxygen atoms in total. The summed E-state index contributed by atoms with van der Waals surface area (Å²) in [5.74, 6) is 0.0189. The summed E-state index contributed by atoms with van der Waals surface area (Å²) >= 11 is 3.17. The fraction of sp³-hybridized carbons (Fsp3) is 0.154. The molecule has 0 aliphatic carbocycles.